The Balaban J connectivity index is 2.10. The van der Waals surface area contributed by atoms with Crippen LogP contribution in [-0.4, -0.2) is 32.5 Å². The molecule has 2 N–H and O–H groups in total. The lowest BCUT2D eigenvalue weighted by atomic mass is 9.89. The molecule has 0 fully saturated rings. The lowest BCUT2D eigenvalue weighted by molar-refractivity contribution is 0.0803. The molecule has 2 atom stereocenters. The van der Waals surface area contributed by atoms with Gasteiger partial charge in [-0.2, -0.15) is 0 Å². The largest absolute Gasteiger partial charge is 0.394 e. The SMILES string of the molecule is C[C@@H]1CCc2c(sc3ncn(C[C@H](O)CO)c(=O)c23)C1. The molecule has 1 aliphatic carbocycles. The predicted octanol–water partition coefficient (Wildman–Crippen LogP) is 0.936. The first-order valence-electron chi connectivity index (χ1n) is 6.88. The Hall–Kier alpha value is -1.24. The van der Waals surface area contributed by atoms with E-state index >= 15 is 0 Å². The lowest BCUT2D eigenvalue weighted by Gasteiger charge is -2.17. The third-order valence-electron chi connectivity index (χ3n) is 3.90. The second kappa shape index (κ2) is 5.27. The van der Waals surface area contributed by atoms with Crippen molar-refractivity contribution >= 4 is 21.6 Å². The summed E-state index contributed by atoms with van der Waals surface area (Å²) in [5.74, 6) is 0.661. The van der Waals surface area contributed by atoms with Gasteiger partial charge >= 0.3 is 0 Å². The molecular weight excluding hydrogens is 276 g/mol. The summed E-state index contributed by atoms with van der Waals surface area (Å²) in [5.41, 5.74) is 1.04. The molecule has 0 unspecified atom stereocenters. The van der Waals surface area contributed by atoms with Gasteiger partial charge in [-0.1, -0.05) is 6.92 Å². The summed E-state index contributed by atoms with van der Waals surface area (Å²) in [5, 5.41) is 19.1. The van der Waals surface area contributed by atoms with E-state index in [1.54, 1.807) is 11.3 Å². The van der Waals surface area contributed by atoms with Crippen LogP contribution in [0.15, 0.2) is 11.1 Å². The number of aromatic nitrogens is 2. The number of aryl methyl sites for hydroxylation is 1. The molecule has 20 heavy (non-hydrogen) atoms. The molecule has 0 saturated carbocycles. The van der Waals surface area contributed by atoms with E-state index in [0.717, 1.165) is 29.7 Å². The van der Waals surface area contributed by atoms with Crippen molar-refractivity contribution in [1.82, 2.24) is 9.55 Å². The van der Waals surface area contributed by atoms with Crippen LogP contribution in [0.4, 0.5) is 0 Å². The van der Waals surface area contributed by atoms with Gasteiger partial charge in [-0.05, 0) is 30.7 Å². The lowest BCUT2D eigenvalue weighted by Crippen LogP contribution is -2.29. The van der Waals surface area contributed by atoms with Crippen LogP contribution in [-0.2, 0) is 19.4 Å². The number of aliphatic hydroxyl groups excluding tert-OH is 2. The van der Waals surface area contributed by atoms with E-state index in [1.165, 1.54) is 15.8 Å². The molecule has 2 heterocycles. The summed E-state index contributed by atoms with van der Waals surface area (Å²) in [6.45, 7) is 1.96. The molecule has 3 rings (SSSR count). The van der Waals surface area contributed by atoms with Crippen molar-refractivity contribution < 1.29 is 10.2 Å². The Bertz CT molecular complexity index is 692. The van der Waals surface area contributed by atoms with Crippen molar-refractivity contribution in [3.05, 3.63) is 27.1 Å². The highest BCUT2D eigenvalue weighted by Gasteiger charge is 2.23. The average molecular weight is 294 g/mol. The minimum Gasteiger partial charge on any atom is -0.394 e. The molecule has 0 aromatic carbocycles. The first kappa shape index (κ1) is 13.7. The van der Waals surface area contributed by atoms with Gasteiger partial charge in [0, 0.05) is 4.88 Å². The standard InChI is InChI=1S/C14H18N2O3S/c1-8-2-3-10-11(4-8)20-13-12(10)14(19)16(7-15-13)5-9(18)6-17/h7-9,17-18H,2-6H2,1H3/t8-,9+/m1/s1. The van der Waals surface area contributed by atoms with E-state index < -0.39 is 6.10 Å². The first-order valence-corrected chi connectivity index (χ1v) is 7.70. The Morgan fingerprint density at radius 2 is 2.40 bits per heavy atom. The average Bonchev–Trinajstić information content (AvgIpc) is 2.79. The van der Waals surface area contributed by atoms with Crippen molar-refractivity contribution in [2.24, 2.45) is 5.92 Å². The number of thiophene rings is 1. The van der Waals surface area contributed by atoms with E-state index in [9.17, 15) is 9.90 Å². The fourth-order valence-corrected chi connectivity index (χ4v) is 4.12. The summed E-state index contributed by atoms with van der Waals surface area (Å²) in [6.07, 6.45) is 3.59. The van der Waals surface area contributed by atoms with Crippen molar-refractivity contribution in [1.29, 1.82) is 0 Å². The second-order valence-corrected chi connectivity index (χ2v) is 6.65. The molecule has 0 saturated heterocycles. The van der Waals surface area contributed by atoms with Gasteiger partial charge in [-0.15, -0.1) is 11.3 Å². The molecule has 2 aromatic heterocycles. The molecule has 108 valence electrons. The van der Waals surface area contributed by atoms with E-state index in [4.69, 9.17) is 5.11 Å². The van der Waals surface area contributed by atoms with Crippen LogP contribution in [0, 0.1) is 5.92 Å². The Morgan fingerprint density at radius 3 is 3.15 bits per heavy atom. The number of hydrogen-bond donors (Lipinski definition) is 2. The van der Waals surface area contributed by atoms with Crippen LogP contribution in [0.1, 0.15) is 23.8 Å². The van der Waals surface area contributed by atoms with Crippen molar-refractivity contribution in [2.75, 3.05) is 6.61 Å². The zero-order chi connectivity index (χ0) is 14.3. The van der Waals surface area contributed by atoms with Crippen LogP contribution in [0.25, 0.3) is 10.2 Å². The van der Waals surface area contributed by atoms with Crippen molar-refractivity contribution in [3.63, 3.8) is 0 Å². The topological polar surface area (TPSA) is 75.3 Å². The van der Waals surface area contributed by atoms with Gasteiger partial charge in [0.1, 0.15) is 4.83 Å². The molecule has 0 radical (unpaired) electrons. The fourth-order valence-electron chi connectivity index (χ4n) is 2.78. The fraction of sp³-hybridized carbons (Fsp3) is 0.571. The number of fused-ring (bicyclic) bond motifs is 3. The van der Waals surface area contributed by atoms with Gasteiger partial charge in [-0.25, -0.2) is 4.98 Å². The maximum Gasteiger partial charge on any atom is 0.262 e. The van der Waals surface area contributed by atoms with E-state index in [1.807, 2.05) is 0 Å². The summed E-state index contributed by atoms with van der Waals surface area (Å²) in [6, 6.07) is 0. The number of aliphatic hydroxyl groups is 2. The highest BCUT2D eigenvalue weighted by molar-refractivity contribution is 7.18. The van der Waals surface area contributed by atoms with Gasteiger partial charge in [0.05, 0.1) is 31.0 Å². The summed E-state index contributed by atoms with van der Waals surface area (Å²) < 4.78 is 1.40. The second-order valence-electron chi connectivity index (χ2n) is 5.57. The minimum absolute atomic E-state index is 0.0826. The third kappa shape index (κ3) is 2.28. The minimum atomic E-state index is -0.929. The monoisotopic (exact) mass is 294 g/mol. The van der Waals surface area contributed by atoms with Crippen molar-refractivity contribution in [2.45, 2.75) is 38.8 Å². The molecule has 6 heteroatoms. The normalized spacial score (nSPS) is 20.1. The number of hydrogen-bond acceptors (Lipinski definition) is 5. The summed E-state index contributed by atoms with van der Waals surface area (Å²) in [7, 11) is 0. The van der Waals surface area contributed by atoms with Gasteiger partial charge in [0.25, 0.3) is 5.56 Å². The van der Waals surface area contributed by atoms with Crippen LogP contribution < -0.4 is 5.56 Å². The highest BCUT2D eigenvalue weighted by Crippen LogP contribution is 2.35. The Kier molecular flexibility index (Phi) is 3.62. The predicted molar refractivity (Wildman–Crippen MR) is 78.2 cm³/mol. The van der Waals surface area contributed by atoms with Gasteiger partial charge in [0.15, 0.2) is 0 Å². The van der Waals surface area contributed by atoms with Crippen molar-refractivity contribution in [3.8, 4) is 0 Å². The zero-order valence-electron chi connectivity index (χ0n) is 11.4. The van der Waals surface area contributed by atoms with Crippen LogP contribution in [0.5, 0.6) is 0 Å². The number of rotatable bonds is 3. The molecule has 1 aliphatic rings. The van der Waals surface area contributed by atoms with E-state index in [2.05, 4.69) is 11.9 Å². The van der Waals surface area contributed by atoms with Gasteiger partial charge < -0.3 is 10.2 Å². The molecular formula is C14H18N2O3S. The van der Waals surface area contributed by atoms with E-state index in [0.29, 0.717) is 11.3 Å². The zero-order valence-corrected chi connectivity index (χ0v) is 12.2. The highest BCUT2D eigenvalue weighted by atomic mass is 32.1. The molecule has 5 nitrogen and oxygen atoms in total. The molecule has 0 bridgehead atoms. The van der Waals surface area contributed by atoms with Gasteiger partial charge in [0.2, 0.25) is 0 Å². The maximum absolute atomic E-state index is 12.5. The van der Waals surface area contributed by atoms with Crippen LogP contribution in [0.2, 0.25) is 0 Å². The third-order valence-corrected chi connectivity index (χ3v) is 5.06. The molecule has 0 spiro atoms. The summed E-state index contributed by atoms with van der Waals surface area (Å²) >= 11 is 1.61. The van der Waals surface area contributed by atoms with Crippen LogP contribution in [0.3, 0.4) is 0 Å². The molecule has 2 aromatic rings. The van der Waals surface area contributed by atoms with Gasteiger partial charge in [-0.3, -0.25) is 9.36 Å². The maximum atomic E-state index is 12.5. The quantitative estimate of drug-likeness (QED) is 0.883. The summed E-state index contributed by atoms with van der Waals surface area (Å²) in [4.78, 5) is 19.0. The van der Waals surface area contributed by atoms with E-state index in [-0.39, 0.29) is 18.7 Å². The Morgan fingerprint density at radius 1 is 1.60 bits per heavy atom. The molecule has 0 amide bonds. The smallest absolute Gasteiger partial charge is 0.262 e. The number of nitrogens with zero attached hydrogens (tertiary/aromatic N) is 2. The first-order chi connectivity index (χ1) is 9.60. The Labute approximate surface area is 120 Å². The van der Waals surface area contributed by atoms with Crippen LogP contribution >= 0.6 is 11.3 Å². The molecule has 0 aliphatic heterocycles.